The molecule has 2 aliphatic heterocycles. The molecule has 1 atom stereocenters. The summed E-state index contributed by atoms with van der Waals surface area (Å²) in [5, 5.41) is 11.4. The Balaban J connectivity index is 1.29. The highest BCUT2D eigenvalue weighted by Gasteiger charge is 2.50. The lowest BCUT2D eigenvalue weighted by Crippen LogP contribution is -2.53. The van der Waals surface area contributed by atoms with Crippen molar-refractivity contribution in [3.63, 3.8) is 0 Å². The molecule has 2 aromatic rings. The van der Waals surface area contributed by atoms with Gasteiger partial charge in [0, 0.05) is 51.5 Å². The zero-order valence-corrected chi connectivity index (χ0v) is 24.7. The summed E-state index contributed by atoms with van der Waals surface area (Å²) in [4.78, 5) is 30.7. The van der Waals surface area contributed by atoms with Crippen LogP contribution in [0.2, 0.25) is 5.02 Å². The van der Waals surface area contributed by atoms with E-state index in [1.807, 2.05) is 12.1 Å². The van der Waals surface area contributed by atoms with Gasteiger partial charge in [-0.25, -0.2) is 8.78 Å². The number of carbonyl (C=O) groups excluding carboxylic acids is 2. The van der Waals surface area contributed by atoms with Gasteiger partial charge in [0.25, 0.3) is 18.2 Å². The Labute approximate surface area is 246 Å². The van der Waals surface area contributed by atoms with E-state index in [1.165, 1.54) is 28.0 Å². The lowest BCUT2D eigenvalue weighted by Gasteiger charge is -2.39. The number of alkyl halides is 2. The highest BCUT2D eigenvalue weighted by molar-refractivity contribution is 6.34. The van der Waals surface area contributed by atoms with Crippen molar-refractivity contribution >= 4 is 29.1 Å². The molecule has 10 heteroatoms. The molecule has 7 nitrogen and oxygen atoms in total. The average molecular weight is 592 g/mol. The van der Waals surface area contributed by atoms with Gasteiger partial charge in [0.1, 0.15) is 5.75 Å². The number of rotatable bonds is 9. The number of halogens is 3. The molecule has 2 saturated heterocycles. The molecule has 0 radical (unpaired) electrons. The van der Waals surface area contributed by atoms with Gasteiger partial charge in [-0.15, -0.1) is 0 Å². The van der Waals surface area contributed by atoms with Crippen molar-refractivity contribution in [2.45, 2.75) is 51.1 Å². The quantitative estimate of drug-likeness (QED) is 0.420. The number of amides is 2. The predicted molar refractivity (Wildman–Crippen MR) is 156 cm³/mol. The Morgan fingerprint density at radius 3 is 2.24 bits per heavy atom. The Kier molecular flexibility index (Phi) is 10.1. The van der Waals surface area contributed by atoms with Crippen LogP contribution in [-0.2, 0) is 10.4 Å². The van der Waals surface area contributed by atoms with Crippen LogP contribution in [0.5, 0.6) is 5.75 Å². The van der Waals surface area contributed by atoms with Crippen molar-refractivity contribution in [2.75, 3.05) is 51.8 Å². The van der Waals surface area contributed by atoms with E-state index in [0.29, 0.717) is 47.9 Å². The number of piperidine rings is 2. The molecule has 1 N–H and O–H groups in total. The van der Waals surface area contributed by atoms with Crippen molar-refractivity contribution in [3.8, 4) is 5.75 Å². The van der Waals surface area contributed by atoms with Gasteiger partial charge in [-0.05, 0) is 81.2 Å². The first-order valence-electron chi connectivity index (χ1n) is 14.3. The van der Waals surface area contributed by atoms with E-state index in [0.717, 1.165) is 50.9 Å². The first kappa shape index (κ1) is 31.0. The minimum absolute atomic E-state index is 0.123. The molecule has 0 bridgehead atoms. The van der Waals surface area contributed by atoms with Crippen LogP contribution in [0.3, 0.4) is 0 Å². The van der Waals surface area contributed by atoms with Crippen molar-refractivity contribution < 1.29 is 28.2 Å². The summed E-state index contributed by atoms with van der Waals surface area (Å²) in [5.41, 5.74) is -1.56. The summed E-state index contributed by atoms with van der Waals surface area (Å²) >= 11 is 6.41. The van der Waals surface area contributed by atoms with E-state index >= 15 is 0 Å². The number of carbonyl (C=O) groups is 2. The van der Waals surface area contributed by atoms with Gasteiger partial charge < -0.3 is 24.5 Å². The maximum Gasteiger partial charge on any atom is 0.280 e. The first-order chi connectivity index (χ1) is 19.5. The molecule has 0 saturated carbocycles. The number of hydrogen-bond donors (Lipinski definition) is 1. The maximum atomic E-state index is 14.2. The summed E-state index contributed by atoms with van der Waals surface area (Å²) in [6.07, 6.45) is 1.26. The highest BCUT2D eigenvalue weighted by Crippen LogP contribution is 2.36. The number of aliphatic hydroxyl groups is 1. The second-order valence-corrected chi connectivity index (χ2v) is 11.7. The smallest absolute Gasteiger partial charge is 0.280 e. The molecule has 2 fully saturated rings. The van der Waals surface area contributed by atoms with Gasteiger partial charge in [-0.2, -0.15) is 0 Å². The molecule has 2 aromatic carbocycles. The monoisotopic (exact) mass is 591 g/mol. The molecule has 0 spiro atoms. The SMILES string of the molecule is CCOc1cccc(C(O)(C(=O)N2CCC(CC3CCN(c4ccc(C(=O)N(C)C)c(Cl)c4)CC3)CC2)C(F)F)c1. The van der Waals surface area contributed by atoms with Gasteiger partial charge in [0.05, 0.1) is 17.2 Å². The van der Waals surface area contributed by atoms with E-state index in [-0.39, 0.29) is 11.5 Å². The fourth-order valence-electron chi connectivity index (χ4n) is 5.96. The normalized spacial score (nSPS) is 18.3. The van der Waals surface area contributed by atoms with Gasteiger partial charge in [0.2, 0.25) is 5.60 Å². The third kappa shape index (κ3) is 6.95. The summed E-state index contributed by atoms with van der Waals surface area (Å²) in [6.45, 7) is 4.59. The second kappa shape index (κ2) is 13.4. The minimum Gasteiger partial charge on any atom is -0.494 e. The molecular weight excluding hydrogens is 552 g/mol. The third-order valence-electron chi connectivity index (χ3n) is 8.36. The van der Waals surface area contributed by atoms with Crippen molar-refractivity contribution in [1.82, 2.24) is 9.80 Å². The Morgan fingerprint density at radius 1 is 1.05 bits per heavy atom. The van der Waals surface area contributed by atoms with E-state index in [1.54, 1.807) is 33.2 Å². The van der Waals surface area contributed by atoms with Crippen molar-refractivity contribution in [2.24, 2.45) is 11.8 Å². The van der Waals surface area contributed by atoms with Crippen LogP contribution >= 0.6 is 11.6 Å². The van der Waals surface area contributed by atoms with E-state index < -0.39 is 17.9 Å². The lowest BCUT2D eigenvalue weighted by atomic mass is 9.82. The zero-order valence-electron chi connectivity index (χ0n) is 24.0. The van der Waals surface area contributed by atoms with E-state index in [9.17, 15) is 23.5 Å². The summed E-state index contributed by atoms with van der Waals surface area (Å²) in [5.74, 6) is 0.207. The second-order valence-electron chi connectivity index (χ2n) is 11.3. The molecule has 41 heavy (non-hydrogen) atoms. The highest BCUT2D eigenvalue weighted by atomic mass is 35.5. The number of nitrogens with zero attached hydrogens (tertiary/aromatic N) is 3. The topological polar surface area (TPSA) is 73.3 Å². The molecular formula is C31H40ClF2N3O4. The van der Waals surface area contributed by atoms with Crippen LogP contribution in [0.15, 0.2) is 42.5 Å². The molecule has 2 aliphatic rings. The number of hydrogen-bond acceptors (Lipinski definition) is 5. The summed E-state index contributed by atoms with van der Waals surface area (Å²) in [6, 6.07) is 11.4. The number of anilines is 1. The molecule has 2 heterocycles. The fraction of sp³-hybridized carbons (Fsp3) is 0.548. The van der Waals surface area contributed by atoms with Gasteiger partial charge in [-0.1, -0.05) is 23.7 Å². The molecule has 1 unspecified atom stereocenters. The number of ether oxygens (including phenoxy) is 1. The van der Waals surface area contributed by atoms with E-state index in [4.69, 9.17) is 16.3 Å². The lowest BCUT2D eigenvalue weighted by molar-refractivity contribution is -0.173. The van der Waals surface area contributed by atoms with Gasteiger partial charge >= 0.3 is 0 Å². The first-order valence-corrected chi connectivity index (χ1v) is 14.7. The van der Waals surface area contributed by atoms with Gasteiger partial charge in [-0.3, -0.25) is 9.59 Å². The van der Waals surface area contributed by atoms with Crippen LogP contribution in [0.1, 0.15) is 54.9 Å². The standard InChI is InChI=1S/C31H40ClF2N3O4/c1-4-41-25-7-5-6-23(19-25)31(40,29(33)34)30(39)37-16-12-22(13-17-37)18-21-10-14-36(15-11-21)24-8-9-26(27(32)20-24)28(38)35(2)3/h5-9,19-22,29,40H,4,10-18H2,1-3H3. The molecule has 2 amide bonds. The van der Waals surface area contributed by atoms with Crippen LogP contribution in [0, 0.1) is 11.8 Å². The molecule has 4 rings (SSSR count). The fourth-order valence-corrected chi connectivity index (χ4v) is 6.21. The summed E-state index contributed by atoms with van der Waals surface area (Å²) in [7, 11) is 3.40. The van der Waals surface area contributed by atoms with Crippen LogP contribution in [-0.4, -0.2) is 80.0 Å². The largest absolute Gasteiger partial charge is 0.494 e. The molecule has 0 aliphatic carbocycles. The third-order valence-corrected chi connectivity index (χ3v) is 8.68. The molecule has 224 valence electrons. The van der Waals surface area contributed by atoms with Crippen molar-refractivity contribution in [3.05, 3.63) is 58.6 Å². The molecule has 0 aromatic heterocycles. The minimum atomic E-state index is -3.27. The zero-order chi connectivity index (χ0) is 29.7. The van der Waals surface area contributed by atoms with E-state index in [2.05, 4.69) is 4.90 Å². The Bertz CT molecular complexity index is 1210. The van der Waals surface area contributed by atoms with Crippen LogP contribution in [0.4, 0.5) is 14.5 Å². The van der Waals surface area contributed by atoms with Crippen LogP contribution < -0.4 is 9.64 Å². The summed E-state index contributed by atoms with van der Waals surface area (Å²) < 4.78 is 33.7. The number of benzene rings is 2. The van der Waals surface area contributed by atoms with Gasteiger partial charge in [0.15, 0.2) is 0 Å². The Hall–Kier alpha value is -2.91. The predicted octanol–water partition coefficient (Wildman–Crippen LogP) is 5.44. The van der Waals surface area contributed by atoms with Crippen LogP contribution in [0.25, 0.3) is 0 Å². The van der Waals surface area contributed by atoms with Crippen molar-refractivity contribution in [1.29, 1.82) is 0 Å². The Morgan fingerprint density at radius 2 is 1.68 bits per heavy atom. The maximum absolute atomic E-state index is 14.2. The average Bonchev–Trinajstić information content (AvgIpc) is 2.97. The number of likely N-dealkylation sites (tertiary alicyclic amines) is 1.